The average Bonchev–Trinajstić information content (AvgIpc) is 3.12. The predicted molar refractivity (Wildman–Crippen MR) is 147 cm³/mol. The van der Waals surface area contributed by atoms with E-state index in [0.29, 0.717) is 5.56 Å². The van der Waals surface area contributed by atoms with Gasteiger partial charge in [0.05, 0.1) is 22.4 Å². The van der Waals surface area contributed by atoms with Gasteiger partial charge in [-0.15, -0.1) is 0 Å². The van der Waals surface area contributed by atoms with Gasteiger partial charge in [0.25, 0.3) is 5.70 Å². The molecule has 0 fully saturated rings. The molecule has 0 saturated heterocycles. The van der Waals surface area contributed by atoms with Gasteiger partial charge < -0.3 is 4.90 Å². The van der Waals surface area contributed by atoms with Crippen LogP contribution in [-0.4, -0.2) is 21.5 Å². The number of anilines is 1. The van der Waals surface area contributed by atoms with E-state index < -0.39 is 9.84 Å². The number of allylic oxidation sites excluding steroid dienone is 6. The molecule has 0 radical (unpaired) electrons. The minimum atomic E-state index is -3.80. The van der Waals surface area contributed by atoms with E-state index in [4.69, 9.17) is 6.57 Å². The molecule has 0 amide bonds. The van der Waals surface area contributed by atoms with Crippen LogP contribution in [0.5, 0.6) is 0 Å². The summed E-state index contributed by atoms with van der Waals surface area (Å²) in [6.45, 7) is 13.9. The number of sulfone groups is 1. The van der Waals surface area contributed by atoms with Gasteiger partial charge >= 0.3 is 0 Å². The topological polar surface area (TPSA) is 65.5 Å². The van der Waals surface area contributed by atoms with Gasteiger partial charge in [0.15, 0.2) is 0 Å². The summed E-state index contributed by atoms with van der Waals surface area (Å²) < 4.78 is 26.1. The second-order valence-corrected chi connectivity index (χ2v) is 10.4. The number of hydrogen-bond donors (Lipinski definition) is 0. The number of hydrogen-bond acceptors (Lipinski definition) is 4. The minimum absolute atomic E-state index is 0.0236. The molecule has 0 spiro atoms. The van der Waals surface area contributed by atoms with E-state index in [2.05, 4.69) is 47.9 Å². The molecular weight excluding hydrogens is 466 g/mol. The smallest absolute Gasteiger partial charge is 0.270 e. The maximum absolute atomic E-state index is 13.1. The van der Waals surface area contributed by atoms with Gasteiger partial charge in [0.1, 0.15) is 0 Å². The Morgan fingerprint density at radius 1 is 1.00 bits per heavy atom. The van der Waals surface area contributed by atoms with Crippen molar-refractivity contribution < 1.29 is 8.42 Å². The number of benzene rings is 2. The Bertz CT molecular complexity index is 1360. The van der Waals surface area contributed by atoms with E-state index >= 15 is 0 Å². The first kappa shape index (κ1) is 26.7. The molecular formula is C30H31N3O2S. The molecule has 184 valence electrons. The Morgan fingerprint density at radius 3 is 2.28 bits per heavy atom. The Kier molecular flexibility index (Phi) is 9.45. The number of rotatable bonds is 10. The quantitative estimate of drug-likeness (QED) is 0.198. The molecule has 2 aromatic carbocycles. The summed E-state index contributed by atoms with van der Waals surface area (Å²) in [5, 5.41) is 9.40. The first-order valence-corrected chi connectivity index (χ1v) is 13.7. The van der Waals surface area contributed by atoms with Crippen molar-refractivity contribution in [1.82, 2.24) is 0 Å². The maximum Gasteiger partial charge on any atom is 0.270 e. The van der Waals surface area contributed by atoms with Crippen LogP contribution in [0.15, 0.2) is 88.3 Å². The number of fused-ring (bicyclic) bond motifs is 1. The molecule has 0 atom stereocenters. The zero-order chi connectivity index (χ0) is 26.0. The Hall–Kier alpha value is -3.87. The molecule has 2 aromatic rings. The molecule has 0 aliphatic carbocycles. The highest BCUT2D eigenvalue weighted by molar-refractivity contribution is 7.96. The number of nitrogens with zero attached hydrogens (tertiary/aromatic N) is 3. The lowest BCUT2D eigenvalue weighted by molar-refractivity contribution is 0.604. The highest BCUT2D eigenvalue weighted by Gasteiger charge is 2.37. The summed E-state index contributed by atoms with van der Waals surface area (Å²) in [5.41, 5.74) is 2.61. The highest BCUT2D eigenvalue weighted by Crippen LogP contribution is 2.44. The first-order chi connectivity index (χ1) is 17.5. The van der Waals surface area contributed by atoms with E-state index in [1.807, 2.05) is 18.2 Å². The SMILES string of the molecule is [C-]#[N+]C(C#N)=C1/C(=C/C=C/C=C/c2ccc(N(CCCC)CCCC)cc2)S(=O)(=O)c2ccccc21. The van der Waals surface area contributed by atoms with Crippen LogP contribution in [0.3, 0.4) is 0 Å². The van der Waals surface area contributed by atoms with Gasteiger partial charge in [-0.3, -0.25) is 0 Å². The van der Waals surface area contributed by atoms with E-state index in [1.54, 1.807) is 30.4 Å². The summed E-state index contributed by atoms with van der Waals surface area (Å²) >= 11 is 0. The first-order valence-electron chi connectivity index (χ1n) is 12.2. The van der Waals surface area contributed by atoms with E-state index in [0.717, 1.165) is 18.7 Å². The lowest BCUT2D eigenvalue weighted by Crippen LogP contribution is -2.25. The molecule has 6 heteroatoms. The summed E-state index contributed by atoms with van der Waals surface area (Å²) in [6, 6.07) is 16.8. The maximum atomic E-state index is 13.1. The van der Waals surface area contributed by atoms with Crippen molar-refractivity contribution in [2.75, 3.05) is 18.0 Å². The van der Waals surface area contributed by atoms with E-state index in [1.165, 1.54) is 43.5 Å². The van der Waals surface area contributed by atoms with Gasteiger partial charge in [0.2, 0.25) is 9.84 Å². The van der Waals surface area contributed by atoms with Crippen molar-refractivity contribution in [3.63, 3.8) is 0 Å². The summed E-state index contributed by atoms with van der Waals surface area (Å²) in [6.07, 6.45) is 13.3. The van der Waals surface area contributed by atoms with Gasteiger partial charge in [-0.25, -0.2) is 18.5 Å². The third kappa shape index (κ3) is 6.03. The molecule has 1 heterocycles. The zero-order valence-electron chi connectivity index (χ0n) is 20.8. The highest BCUT2D eigenvalue weighted by atomic mass is 32.2. The lowest BCUT2D eigenvalue weighted by Gasteiger charge is -2.24. The largest absolute Gasteiger partial charge is 0.372 e. The van der Waals surface area contributed by atoms with Crippen LogP contribution in [0.25, 0.3) is 16.5 Å². The molecule has 0 bridgehead atoms. The zero-order valence-corrected chi connectivity index (χ0v) is 21.6. The third-order valence-electron chi connectivity index (χ3n) is 6.02. The average molecular weight is 498 g/mol. The lowest BCUT2D eigenvalue weighted by atomic mass is 10.0. The van der Waals surface area contributed by atoms with E-state index in [9.17, 15) is 13.7 Å². The van der Waals surface area contributed by atoms with Crippen molar-refractivity contribution in [2.24, 2.45) is 0 Å². The molecule has 36 heavy (non-hydrogen) atoms. The van der Waals surface area contributed by atoms with Crippen LogP contribution in [0, 0.1) is 17.9 Å². The number of nitriles is 1. The van der Waals surface area contributed by atoms with Gasteiger partial charge in [-0.2, -0.15) is 0 Å². The second kappa shape index (κ2) is 12.7. The van der Waals surface area contributed by atoms with Gasteiger partial charge in [-0.1, -0.05) is 81.3 Å². The summed E-state index contributed by atoms with van der Waals surface area (Å²) in [7, 11) is -3.80. The monoisotopic (exact) mass is 497 g/mol. The summed E-state index contributed by atoms with van der Waals surface area (Å²) in [5.74, 6) is 0. The molecule has 0 unspecified atom stereocenters. The van der Waals surface area contributed by atoms with E-state index in [-0.39, 0.29) is 21.1 Å². The summed E-state index contributed by atoms with van der Waals surface area (Å²) in [4.78, 5) is 5.80. The van der Waals surface area contributed by atoms with Gasteiger partial charge in [0, 0.05) is 24.4 Å². The molecule has 3 rings (SSSR count). The fourth-order valence-corrected chi connectivity index (χ4v) is 5.77. The number of unbranched alkanes of at least 4 members (excludes halogenated alkanes) is 2. The molecule has 5 nitrogen and oxygen atoms in total. The van der Waals surface area contributed by atoms with Crippen LogP contribution in [0.4, 0.5) is 5.69 Å². The van der Waals surface area contributed by atoms with Crippen LogP contribution >= 0.6 is 0 Å². The fourth-order valence-electron chi connectivity index (χ4n) is 4.09. The Morgan fingerprint density at radius 2 is 1.67 bits per heavy atom. The Labute approximate surface area is 215 Å². The standard InChI is InChI=1S/C30H31N3O2S/c1-4-6-21-33(22-7-5-2)25-19-17-24(18-20-25)13-9-8-10-16-29-30(27(23-31)32-3)26-14-11-12-15-28(26)36(29,34)35/h8-20H,4-7,21-22H2,1-2H3/b10-8+,13-9+,29-16-,30-27?. The van der Waals surface area contributed by atoms with Crippen molar-refractivity contribution in [1.29, 1.82) is 5.26 Å². The van der Waals surface area contributed by atoms with Crippen molar-refractivity contribution >= 4 is 27.2 Å². The predicted octanol–water partition coefficient (Wildman–Crippen LogP) is 7.19. The minimum Gasteiger partial charge on any atom is -0.372 e. The van der Waals surface area contributed by atoms with Crippen LogP contribution in [-0.2, 0) is 9.84 Å². The van der Waals surface area contributed by atoms with Gasteiger partial charge in [-0.05, 0) is 48.2 Å². The Balaban J connectivity index is 1.79. The van der Waals surface area contributed by atoms with Crippen LogP contribution in [0.2, 0.25) is 0 Å². The van der Waals surface area contributed by atoms with Crippen molar-refractivity contribution in [3.8, 4) is 6.07 Å². The van der Waals surface area contributed by atoms with Crippen LogP contribution in [0.1, 0.15) is 50.7 Å². The molecule has 1 aliphatic heterocycles. The van der Waals surface area contributed by atoms with Crippen molar-refractivity contribution in [3.05, 3.63) is 106 Å². The normalized spacial score (nSPS) is 16.7. The molecule has 0 saturated carbocycles. The fraction of sp³-hybridized carbons (Fsp3) is 0.267. The van der Waals surface area contributed by atoms with Crippen LogP contribution < -0.4 is 4.90 Å². The second-order valence-electron chi connectivity index (χ2n) is 8.51. The molecule has 0 N–H and O–H groups in total. The van der Waals surface area contributed by atoms with Crippen molar-refractivity contribution in [2.45, 2.75) is 44.4 Å². The third-order valence-corrected chi connectivity index (χ3v) is 7.87. The molecule has 1 aliphatic rings. The molecule has 0 aromatic heterocycles.